The van der Waals surface area contributed by atoms with Crippen LogP contribution in [0.25, 0.3) is 16.9 Å². The molecule has 0 spiro atoms. The highest BCUT2D eigenvalue weighted by atomic mass is 16.4. The molecule has 4 rings (SSSR count). The van der Waals surface area contributed by atoms with Gasteiger partial charge >= 0.3 is 5.97 Å². The first-order valence-electron chi connectivity index (χ1n) is 8.84. The molecule has 2 aromatic heterocycles. The fourth-order valence-electron chi connectivity index (χ4n) is 3.08. The summed E-state index contributed by atoms with van der Waals surface area (Å²) < 4.78 is 1.74. The average Bonchev–Trinajstić information content (AvgIpc) is 3.00. The zero-order valence-corrected chi connectivity index (χ0v) is 15.8. The third kappa shape index (κ3) is 3.18. The van der Waals surface area contributed by atoms with Gasteiger partial charge in [0.25, 0.3) is 0 Å². The number of aryl methyl sites for hydroxylation is 3. The molecule has 2 N–H and O–H groups in total. The Bertz CT molecular complexity index is 1210. The van der Waals surface area contributed by atoms with Crippen LogP contribution >= 0.6 is 0 Å². The second-order valence-corrected chi connectivity index (χ2v) is 6.68. The van der Waals surface area contributed by atoms with Gasteiger partial charge < -0.3 is 10.4 Å². The first-order valence-corrected chi connectivity index (χ1v) is 8.84. The van der Waals surface area contributed by atoms with Crippen molar-refractivity contribution in [3.05, 3.63) is 71.0 Å². The summed E-state index contributed by atoms with van der Waals surface area (Å²) in [4.78, 5) is 20.9. The van der Waals surface area contributed by atoms with E-state index in [0.717, 1.165) is 28.0 Å². The number of benzene rings is 2. The van der Waals surface area contributed by atoms with Crippen LogP contribution in [0.5, 0.6) is 0 Å². The Labute approximate surface area is 161 Å². The maximum absolute atomic E-state index is 11.4. The topological polar surface area (TPSA) is 92.9 Å². The van der Waals surface area contributed by atoms with E-state index in [1.54, 1.807) is 22.9 Å². The molecule has 7 heteroatoms. The van der Waals surface area contributed by atoms with Crippen molar-refractivity contribution in [2.24, 2.45) is 0 Å². The van der Waals surface area contributed by atoms with Crippen molar-refractivity contribution in [2.45, 2.75) is 20.8 Å². The van der Waals surface area contributed by atoms with Gasteiger partial charge in [-0.1, -0.05) is 18.2 Å². The number of nitrogens with zero attached hydrogens (tertiary/aromatic N) is 4. The molecular formula is C21H19N5O2. The van der Waals surface area contributed by atoms with Crippen LogP contribution in [0.15, 0.2) is 48.5 Å². The molecule has 0 aliphatic rings. The van der Waals surface area contributed by atoms with Gasteiger partial charge in [0.2, 0.25) is 0 Å². The average molecular weight is 373 g/mol. The van der Waals surface area contributed by atoms with E-state index in [1.807, 2.05) is 51.1 Å². The fourth-order valence-corrected chi connectivity index (χ4v) is 3.08. The molecule has 0 aliphatic heterocycles. The van der Waals surface area contributed by atoms with E-state index >= 15 is 0 Å². The number of carboxylic acids is 1. The molecule has 7 nitrogen and oxygen atoms in total. The van der Waals surface area contributed by atoms with Crippen LogP contribution in [0.3, 0.4) is 0 Å². The monoisotopic (exact) mass is 373 g/mol. The highest BCUT2D eigenvalue weighted by molar-refractivity contribution is 5.90. The number of carbonyl (C=O) groups is 1. The number of hydrogen-bond acceptors (Lipinski definition) is 5. The maximum Gasteiger partial charge on any atom is 0.335 e. The van der Waals surface area contributed by atoms with Gasteiger partial charge in [-0.15, -0.1) is 0 Å². The Morgan fingerprint density at radius 3 is 2.36 bits per heavy atom. The summed E-state index contributed by atoms with van der Waals surface area (Å²) in [6, 6.07) is 14.5. The molecule has 0 atom stereocenters. The van der Waals surface area contributed by atoms with Crippen LogP contribution < -0.4 is 5.32 Å². The van der Waals surface area contributed by atoms with Gasteiger partial charge in [-0.2, -0.15) is 5.10 Å². The number of nitrogens with one attached hydrogen (secondary N) is 1. The van der Waals surface area contributed by atoms with Gasteiger partial charge in [0, 0.05) is 11.4 Å². The fraction of sp³-hybridized carbons (Fsp3) is 0.143. The van der Waals surface area contributed by atoms with E-state index in [2.05, 4.69) is 10.4 Å². The largest absolute Gasteiger partial charge is 0.478 e. The summed E-state index contributed by atoms with van der Waals surface area (Å²) >= 11 is 0. The molecule has 0 amide bonds. The van der Waals surface area contributed by atoms with Gasteiger partial charge in [0.1, 0.15) is 0 Å². The Morgan fingerprint density at radius 2 is 1.71 bits per heavy atom. The standard InChI is InChI=1S/C21H19N5O2/c1-12-8-9-15(21(27)28)11-18(12)23-19-20(26-14(3)10-13(2)25-26)24-17-7-5-4-6-16(17)22-19/h4-11H,1-3H3,(H,22,23)(H,27,28). The molecule has 0 unspecified atom stereocenters. The predicted molar refractivity (Wildman–Crippen MR) is 108 cm³/mol. The lowest BCUT2D eigenvalue weighted by atomic mass is 10.1. The van der Waals surface area contributed by atoms with Crippen LogP contribution in [0.4, 0.5) is 11.5 Å². The number of rotatable bonds is 4. The van der Waals surface area contributed by atoms with E-state index < -0.39 is 5.97 Å². The second-order valence-electron chi connectivity index (χ2n) is 6.68. The number of carboxylic acid groups (broad SMARTS) is 1. The molecule has 140 valence electrons. The summed E-state index contributed by atoms with van der Waals surface area (Å²) in [5.41, 5.74) is 5.07. The third-order valence-electron chi connectivity index (χ3n) is 4.50. The SMILES string of the molecule is Cc1cc(C)n(-c2nc3ccccc3nc2Nc2cc(C(=O)O)ccc2C)n1. The normalized spacial score (nSPS) is 11.0. The lowest BCUT2D eigenvalue weighted by Crippen LogP contribution is -2.09. The van der Waals surface area contributed by atoms with Crippen molar-refractivity contribution in [3.63, 3.8) is 0 Å². The summed E-state index contributed by atoms with van der Waals surface area (Å²) in [6.07, 6.45) is 0. The van der Waals surface area contributed by atoms with E-state index in [-0.39, 0.29) is 5.56 Å². The number of anilines is 2. The van der Waals surface area contributed by atoms with Crippen LogP contribution in [-0.2, 0) is 0 Å². The highest BCUT2D eigenvalue weighted by Gasteiger charge is 2.16. The van der Waals surface area contributed by atoms with Gasteiger partial charge in [-0.25, -0.2) is 19.4 Å². The smallest absolute Gasteiger partial charge is 0.335 e. The van der Waals surface area contributed by atoms with E-state index in [1.165, 1.54) is 0 Å². The van der Waals surface area contributed by atoms with Crippen LogP contribution in [0, 0.1) is 20.8 Å². The van der Waals surface area contributed by atoms with Gasteiger partial charge in [-0.05, 0) is 56.7 Å². The number of para-hydroxylation sites is 2. The van der Waals surface area contributed by atoms with Crippen molar-refractivity contribution < 1.29 is 9.90 Å². The predicted octanol–water partition coefficient (Wildman–Crippen LogP) is 4.18. The van der Waals surface area contributed by atoms with Crippen LogP contribution in [0.1, 0.15) is 27.3 Å². The molecule has 2 aromatic carbocycles. The number of fused-ring (bicyclic) bond motifs is 1. The minimum absolute atomic E-state index is 0.203. The molecule has 0 radical (unpaired) electrons. The van der Waals surface area contributed by atoms with Gasteiger partial charge in [0.05, 0.1) is 22.3 Å². The van der Waals surface area contributed by atoms with E-state index in [9.17, 15) is 9.90 Å². The summed E-state index contributed by atoms with van der Waals surface area (Å²) in [5.74, 6) is 0.0892. The van der Waals surface area contributed by atoms with E-state index in [4.69, 9.17) is 9.97 Å². The highest BCUT2D eigenvalue weighted by Crippen LogP contribution is 2.27. The first kappa shape index (κ1) is 17.7. The Balaban J connectivity index is 1.90. The van der Waals surface area contributed by atoms with Crippen molar-refractivity contribution in [1.29, 1.82) is 0 Å². The number of aromatic nitrogens is 4. The lowest BCUT2D eigenvalue weighted by Gasteiger charge is -2.15. The van der Waals surface area contributed by atoms with Crippen molar-refractivity contribution in [3.8, 4) is 5.82 Å². The molecule has 0 saturated heterocycles. The molecule has 0 saturated carbocycles. The molecule has 2 heterocycles. The maximum atomic E-state index is 11.4. The molecule has 4 aromatic rings. The number of hydrogen-bond donors (Lipinski definition) is 2. The Hall–Kier alpha value is -3.74. The summed E-state index contributed by atoms with van der Waals surface area (Å²) in [6.45, 7) is 5.79. The Morgan fingerprint density at radius 1 is 1.00 bits per heavy atom. The first-order chi connectivity index (χ1) is 13.4. The van der Waals surface area contributed by atoms with Gasteiger partial charge in [0.15, 0.2) is 11.6 Å². The zero-order chi connectivity index (χ0) is 19.8. The minimum atomic E-state index is -0.980. The van der Waals surface area contributed by atoms with Crippen LogP contribution in [0.2, 0.25) is 0 Å². The third-order valence-corrected chi connectivity index (χ3v) is 4.50. The van der Waals surface area contributed by atoms with Crippen molar-refractivity contribution >= 4 is 28.5 Å². The van der Waals surface area contributed by atoms with Crippen LogP contribution in [-0.4, -0.2) is 30.8 Å². The number of aromatic carboxylic acids is 1. The molecular weight excluding hydrogens is 354 g/mol. The molecule has 0 fully saturated rings. The quantitative estimate of drug-likeness (QED) is 0.557. The molecule has 0 aliphatic carbocycles. The second kappa shape index (κ2) is 6.77. The lowest BCUT2D eigenvalue weighted by molar-refractivity contribution is 0.0697. The van der Waals surface area contributed by atoms with Gasteiger partial charge in [-0.3, -0.25) is 0 Å². The Kier molecular flexibility index (Phi) is 4.27. The molecule has 28 heavy (non-hydrogen) atoms. The minimum Gasteiger partial charge on any atom is -0.478 e. The summed E-state index contributed by atoms with van der Waals surface area (Å²) in [7, 11) is 0. The zero-order valence-electron chi connectivity index (χ0n) is 15.8. The molecule has 0 bridgehead atoms. The van der Waals surface area contributed by atoms with Crippen molar-refractivity contribution in [2.75, 3.05) is 5.32 Å². The summed E-state index contributed by atoms with van der Waals surface area (Å²) in [5, 5.41) is 17.1. The van der Waals surface area contributed by atoms with E-state index in [0.29, 0.717) is 17.3 Å². The van der Waals surface area contributed by atoms with Crippen molar-refractivity contribution in [1.82, 2.24) is 19.7 Å².